The number of hydrogen-bond donors (Lipinski definition) is 2. The van der Waals surface area contributed by atoms with Gasteiger partial charge in [0.1, 0.15) is 18.0 Å². The van der Waals surface area contributed by atoms with E-state index >= 15 is 4.39 Å². The summed E-state index contributed by atoms with van der Waals surface area (Å²) in [6.07, 6.45) is 3.40. The van der Waals surface area contributed by atoms with E-state index in [-0.39, 0.29) is 11.3 Å². The molecule has 1 aromatic carbocycles. The molecule has 13 heteroatoms. The third kappa shape index (κ3) is 4.01. The first kappa shape index (κ1) is 23.0. The Hall–Kier alpha value is -4.13. The minimum atomic E-state index is -4.56. The van der Waals surface area contributed by atoms with E-state index in [0.29, 0.717) is 11.6 Å². The maximum absolute atomic E-state index is 15.3. The maximum Gasteiger partial charge on any atom is 0.271 e. The molecular formula is C21H16F3N5O4S. The quantitative estimate of drug-likeness (QED) is 0.429. The highest BCUT2D eigenvalue weighted by molar-refractivity contribution is 7.92. The summed E-state index contributed by atoms with van der Waals surface area (Å²) >= 11 is 0. The van der Waals surface area contributed by atoms with Crippen LogP contribution in [0, 0.1) is 17.5 Å². The van der Waals surface area contributed by atoms with Crippen LogP contribution in [0.5, 0.6) is 5.88 Å². The number of ether oxygens (including phenoxy) is 1. The Bertz CT molecular complexity index is 1540. The fourth-order valence-corrected chi connectivity index (χ4v) is 4.48. The Balaban J connectivity index is 1.78. The van der Waals surface area contributed by atoms with Crippen molar-refractivity contribution in [1.29, 1.82) is 0 Å². The van der Waals surface area contributed by atoms with Crippen LogP contribution in [0.15, 0.2) is 53.9 Å². The molecule has 4 aromatic rings. The molecule has 4 rings (SSSR count). The number of rotatable bonds is 6. The number of halogens is 3. The summed E-state index contributed by atoms with van der Waals surface area (Å²) in [6.45, 7) is 0. The lowest BCUT2D eigenvalue weighted by molar-refractivity contribution is 0.0960. The predicted octanol–water partition coefficient (Wildman–Crippen LogP) is 2.98. The van der Waals surface area contributed by atoms with Crippen LogP contribution in [-0.4, -0.2) is 42.9 Å². The lowest BCUT2D eigenvalue weighted by Crippen LogP contribution is -2.18. The van der Waals surface area contributed by atoms with E-state index in [4.69, 9.17) is 4.74 Å². The lowest BCUT2D eigenvalue weighted by atomic mass is 10.0. The number of anilines is 1. The number of amides is 1. The molecule has 0 bridgehead atoms. The number of benzene rings is 1. The van der Waals surface area contributed by atoms with Crippen molar-refractivity contribution in [3.05, 3.63) is 72.2 Å². The highest BCUT2D eigenvalue weighted by atomic mass is 32.2. The van der Waals surface area contributed by atoms with Crippen molar-refractivity contribution in [3.63, 3.8) is 0 Å². The van der Waals surface area contributed by atoms with Crippen molar-refractivity contribution in [3.8, 4) is 17.0 Å². The molecule has 0 aliphatic heterocycles. The Morgan fingerprint density at radius 3 is 2.59 bits per heavy atom. The standard InChI is InChI=1S/C21H16F3N5O4S/c1-25-20(30)19-15-6-3-11(9-29(15)10-27-19)17-13(23)4-5-14(18(17)24)28-34(31,32)16-7-12(22)8-26-21(16)33-2/h3-10,28H,1-2H3,(H,25,30). The summed E-state index contributed by atoms with van der Waals surface area (Å²) in [5.74, 6) is -3.97. The van der Waals surface area contributed by atoms with E-state index in [2.05, 4.69) is 15.3 Å². The second-order valence-electron chi connectivity index (χ2n) is 6.93. The molecule has 0 aliphatic carbocycles. The zero-order chi connectivity index (χ0) is 24.6. The summed E-state index contributed by atoms with van der Waals surface area (Å²) in [5, 5.41) is 2.44. The number of hydrogen-bond acceptors (Lipinski definition) is 6. The molecule has 0 aliphatic rings. The molecule has 0 unspecified atom stereocenters. The van der Waals surface area contributed by atoms with Crippen molar-refractivity contribution in [2.45, 2.75) is 4.90 Å². The van der Waals surface area contributed by atoms with Crippen LogP contribution >= 0.6 is 0 Å². The smallest absolute Gasteiger partial charge is 0.271 e. The number of nitrogens with one attached hydrogen (secondary N) is 2. The number of aromatic nitrogens is 3. The van der Waals surface area contributed by atoms with Crippen molar-refractivity contribution in [1.82, 2.24) is 19.7 Å². The van der Waals surface area contributed by atoms with Gasteiger partial charge in [0.2, 0.25) is 5.88 Å². The van der Waals surface area contributed by atoms with Crippen molar-refractivity contribution < 1.29 is 31.1 Å². The van der Waals surface area contributed by atoms with Gasteiger partial charge in [0.15, 0.2) is 16.4 Å². The second kappa shape index (κ2) is 8.67. The third-order valence-corrected chi connectivity index (χ3v) is 6.23. The van der Waals surface area contributed by atoms with Gasteiger partial charge in [0.25, 0.3) is 15.9 Å². The largest absolute Gasteiger partial charge is 0.480 e. The second-order valence-corrected chi connectivity index (χ2v) is 8.58. The number of methoxy groups -OCH3 is 1. The van der Waals surface area contributed by atoms with E-state index in [1.807, 2.05) is 4.72 Å². The lowest BCUT2D eigenvalue weighted by Gasteiger charge is -2.14. The average Bonchev–Trinajstić information content (AvgIpc) is 3.24. The van der Waals surface area contributed by atoms with Gasteiger partial charge < -0.3 is 14.5 Å². The van der Waals surface area contributed by atoms with Gasteiger partial charge in [-0.05, 0) is 18.2 Å². The van der Waals surface area contributed by atoms with Gasteiger partial charge in [-0.15, -0.1) is 0 Å². The third-order valence-electron chi connectivity index (χ3n) is 4.86. The molecule has 9 nitrogen and oxygen atoms in total. The molecule has 2 N–H and O–H groups in total. The summed E-state index contributed by atoms with van der Waals surface area (Å²) in [5.41, 5.74) is -0.545. The molecule has 34 heavy (non-hydrogen) atoms. The molecule has 0 radical (unpaired) electrons. The molecule has 0 spiro atoms. The molecule has 3 heterocycles. The van der Waals surface area contributed by atoms with E-state index in [0.717, 1.165) is 25.4 Å². The monoisotopic (exact) mass is 491 g/mol. The molecule has 1 amide bonds. The zero-order valence-electron chi connectivity index (χ0n) is 17.6. The first-order valence-electron chi connectivity index (χ1n) is 9.55. The van der Waals surface area contributed by atoms with Gasteiger partial charge in [-0.25, -0.2) is 31.6 Å². The molecular weight excluding hydrogens is 475 g/mol. The number of fused-ring (bicyclic) bond motifs is 1. The topological polar surface area (TPSA) is 115 Å². The van der Waals surface area contributed by atoms with Gasteiger partial charge in [-0.2, -0.15) is 0 Å². The number of imidazole rings is 1. The molecule has 0 saturated carbocycles. The first-order valence-corrected chi connectivity index (χ1v) is 11.0. The summed E-state index contributed by atoms with van der Waals surface area (Å²) < 4.78 is 77.4. The van der Waals surface area contributed by atoms with E-state index in [1.54, 1.807) is 0 Å². The van der Waals surface area contributed by atoms with Gasteiger partial charge in [-0.1, -0.05) is 6.07 Å². The fraction of sp³-hybridized carbons (Fsp3) is 0.0952. The molecule has 176 valence electrons. The maximum atomic E-state index is 15.3. The average molecular weight is 491 g/mol. The zero-order valence-corrected chi connectivity index (χ0v) is 18.5. The number of carbonyl (C=O) groups excluding carboxylic acids is 1. The summed E-state index contributed by atoms with van der Waals surface area (Å²) in [6, 6.07) is 5.25. The van der Waals surface area contributed by atoms with Gasteiger partial charge in [0.05, 0.1) is 30.1 Å². The number of carbonyl (C=O) groups is 1. The molecule has 3 aromatic heterocycles. The van der Waals surface area contributed by atoms with E-state index in [1.165, 1.54) is 36.1 Å². The van der Waals surface area contributed by atoms with Crippen LogP contribution in [0.25, 0.3) is 16.6 Å². The van der Waals surface area contributed by atoms with Crippen LogP contribution in [0.3, 0.4) is 0 Å². The van der Waals surface area contributed by atoms with Crippen LogP contribution in [-0.2, 0) is 10.0 Å². The number of pyridine rings is 2. The Kier molecular flexibility index (Phi) is 5.87. The van der Waals surface area contributed by atoms with Crippen molar-refractivity contribution >= 4 is 27.1 Å². The fourth-order valence-electron chi connectivity index (χ4n) is 3.29. The summed E-state index contributed by atoms with van der Waals surface area (Å²) in [4.78, 5) is 18.8. The minimum absolute atomic E-state index is 0.0504. The van der Waals surface area contributed by atoms with Gasteiger partial charge in [0, 0.05) is 24.9 Å². The minimum Gasteiger partial charge on any atom is -0.480 e. The van der Waals surface area contributed by atoms with Gasteiger partial charge >= 0.3 is 0 Å². The Labute approximate surface area is 191 Å². The highest BCUT2D eigenvalue weighted by Crippen LogP contribution is 2.33. The van der Waals surface area contributed by atoms with Gasteiger partial charge in [-0.3, -0.25) is 9.52 Å². The first-order chi connectivity index (χ1) is 16.2. The van der Waals surface area contributed by atoms with E-state index < -0.39 is 55.4 Å². The van der Waals surface area contributed by atoms with Crippen LogP contribution in [0.2, 0.25) is 0 Å². The molecule has 0 saturated heterocycles. The number of sulfonamides is 1. The Morgan fingerprint density at radius 2 is 1.88 bits per heavy atom. The molecule has 0 fully saturated rings. The number of nitrogens with zero attached hydrogens (tertiary/aromatic N) is 3. The summed E-state index contributed by atoms with van der Waals surface area (Å²) in [7, 11) is -1.98. The van der Waals surface area contributed by atoms with E-state index in [9.17, 15) is 22.0 Å². The SMILES string of the molecule is CNC(=O)c1ncn2cc(-c3c(F)ccc(NS(=O)(=O)c4cc(F)cnc4OC)c3F)ccc12. The normalized spacial score (nSPS) is 11.4. The van der Waals surface area contributed by atoms with Crippen molar-refractivity contribution in [2.75, 3.05) is 18.9 Å². The van der Waals surface area contributed by atoms with Crippen LogP contribution < -0.4 is 14.8 Å². The predicted molar refractivity (Wildman–Crippen MR) is 115 cm³/mol. The van der Waals surface area contributed by atoms with Crippen molar-refractivity contribution in [2.24, 2.45) is 0 Å². The van der Waals surface area contributed by atoms with Crippen LogP contribution in [0.1, 0.15) is 10.5 Å². The Morgan fingerprint density at radius 1 is 1.12 bits per heavy atom. The van der Waals surface area contributed by atoms with Crippen LogP contribution in [0.4, 0.5) is 18.9 Å². The highest BCUT2D eigenvalue weighted by Gasteiger charge is 2.25. The molecule has 0 atom stereocenters.